The molecular weight excluding hydrogens is 376 g/mol. The molecule has 0 aliphatic carbocycles. The van der Waals surface area contributed by atoms with Crippen molar-refractivity contribution in [3.63, 3.8) is 0 Å². The number of rotatable bonds is 6. The van der Waals surface area contributed by atoms with Crippen molar-refractivity contribution >= 4 is 11.6 Å². The van der Waals surface area contributed by atoms with E-state index in [1.54, 1.807) is 7.11 Å². The lowest BCUT2D eigenvalue weighted by Crippen LogP contribution is -2.51. The summed E-state index contributed by atoms with van der Waals surface area (Å²) in [5.74, 6) is 0.917. The number of ether oxygens (including phenoxy) is 1. The molecule has 6 nitrogen and oxygen atoms in total. The van der Waals surface area contributed by atoms with E-state index in [-0.39, 0.29) is 18.0 Å². The van der Waals surface area contributed by atoms with Gasteiger partial charge in [-0.3, -0.25) is 14.4 Å². The van der Waals surface area contributed by atoms with E-state index < -0.39 is 0 Å². The molecule has 2 aromatic carbocycles. The first-order valence-electron chi connectivity index (χ1n) is 10.4. The molecule has 5 rings (SSSR count). The highest BCUT2D eigenvalue weighted by atomic mass is 16.5. The molecule has 0 N–H and O–H groups in total. The molecule has 30 heavy (non-hydrogen) atoms. The van der Waals surface area contributed by atoms with Gasteiger partial charge in [-0.15, -0.1) is 0 Å². The SMILES string of the molecule is COc1ccc(-c2ccccc2)cc1N1C(=O)[C@@H]2C[C@H]1CN2CCn1ccc(C)n1. The van der Waals surface area contributed by atoms with Crippen molar-refractivity contribution in [3.8, 4) is 16.9 Å². The lowest BCUT2D eigenvalue weighted by molar-refractivity contribution is -0.122. The molecule has 0 unspecified atom stereocenters. The number of anilines is 1. The normalized spacial score (nSPS) is 20.9. The molecule has 0 spiro atoms. The molecule has 3 aromatic rings. The highest BCUT2D eigenvalue weighted by molar-refractivity contribution is 6.03. The topological polar surface area (TPSA) is 50.6 Å². The average Bonchev–Trinajstić information content (AvgIpc) is 3.47. The molecule has 2 aliphatic heterocycles. The zero-order valence-corrected chi connectivity index (χ0v) is 17.4. The Morgan fingerprint density at radius 2 is 1.90 bits per heavy atom. The number of aromatic nitrogens is 2. The summed E-state index contributed by atoms with van der Waals surface area (Å²) >= 11 is 0. The average molecular weight is 402 g/mol. The molecule has 6 heteroatoms. The second-order valence-corrected chi connectivity index (χ2v) is 8.08. The van der Waals surface area contributed by atoms with E-state index in [4.69, 9.17) is 4.74 Å². The van der Waals surface area contributed by atoms with E-state index in [2.05, 4.69) is 34.3 Å². The quantitative estimate of drug-likeness (QED) is 0.635. The Morgan fingerprint density at radius 3 is 2.60 bits per heavy atom. The number of carbonyl (C=O) groups excluding carboxylic acids is 1. The number of carbonyl (C=O) groups is 1. The lowest BCUT2D eigenvalue weighted by Gasteiger charge is -2.34. The predicted octanol–water partition coefficient (Wildman–Crippen LogP) is 3.36. The Bertz CT molecular complexity index is 1060. The van der Waals surface area contributed by atoms with Gasteiger partial charge in [0.2, 0.25) is 5.91 Å². The zero-order chi connectivity index (χ0) is 20.7. The number of hydrogen-bond donors (Lipinski definition) is 0. The van der Waals surface area contributed by atoms with Crippen molar-refractivity contribution in [2.45, 2.75) is 32.0 Å². The van der Waals surface area contributed by atoms with Crippen molar-refractivity contribution in [1.82, 2.24) is 14.7 Å². The summed E-state index contributed by atoms with van der Waals surface area (Å²) in [5.41, 5.74) is 4.12. The number of fused-ring (bicyclic) bond motifs is 2. The molecule has 1 amide bonds. The van der Waals surface area contributed by atoms with Crippen LogP contribution in [0, 0.1) is 6.92 Å². The Hall–Kier alpha value is -3.12. The van der Waals surface area contributed by atoms with E-state index in [9.17, 15) is 4.79 Å². The fraction of sp³-hybridized carbons (Fsp3) is 0.333. The summed E-state index contributed by atoms with van der Waals surface area (Å²) in [6.45, 7) is 4.52. The minimum atomic E-state index is -0.0586. The smallest absolute Gasteiger partial charge is 0.244 e. The van der Waals surface area contributed by atoms with Gasteiger partial charge in [-0.25, -0.2) is 0 Å². The van der Waals surface area contributed by atoms with E-state index in [0.717, 1.165) is 54.3 Å². The molecule has 2 atom stereocenters. The van der Waals surface area contributed by atoms with Crippen molar-refractivity contribution in [3.05, 3.63) is 66.5 Å². The van der Waals surface area contributed by atoms with Crippen LogP contribution in [0.4, 0.5) is 5.69 Å². The fourth-order valence-corrected chi connectivity index (χ4v) is 4.73. The largest absolute Gasteiger partial charge is 0.495 e. The number of amides is 1. The highest BCUT2D eigenvalue weighted by Crippen LogP contribution is 2.41. The Morgan fingerprint density at radius 1 is 1.07 bits per heavy atom. The van der Waals surface area contributed by atoms with Crippen LogP contribution in [0.15, 0.2) is 60.8 Å². The van der Waals surface area contributed by atoms with Crippen molar-refractivity contribution in [1.29, 1.82) is 0 Å². The molecule has 1 aromatic heterocycles. The maximum atomic E-state index is 13.3. The van der Waals surface area contributed by atoms with Crippen molar-refractivity contribution in [2.24, 2.45) is 0 Å². The van der Waals surface area contributed by atoms with Gasteiger partial charge in [-0.1, -0.05) is 36.4 Å². The third-order valence-corrected chi connectivity index (χ3v) is 6.20. The first-order chi connectivity index (χ1) is 14.6. The Kier molecular flexibility index (Phi) is 4.79. The molecule has 2 aliphatic rings. The van der Waals surface area contributed by atoms with Crippen molar-refractivity contribution < 1.29 is 9.53 Å². The summed E-state index contributed by atoms with van der Waals surface area (Å²) in [6.07, 6.45) is 2.87. The minimum absolute atomic E-state index is 0.0586. The highest BCUT2D eigenvalue weighted by Gasteiger charge is 2.50. The summed E-state index contributed by atoms with van der Waals surface area (Å²) < 4.78 is 7.57. The second-order valence-electron chi connectivity index (χ2n) is 8.08. The Labute approximate surface area is 176 Å². The van der Waals surface area contributed by atoms with Gasteiger partial charge >= 0.3 is 0 Å². The number of piperazine rings is 1. The molecule has 0 saturated carbocycles. The van der Waals surface area contributed by atoms with E-state index in [1.807, 2.05) is 53.0 Å². The van der Waals surface area contributed by atoms with Crippen LogP contribution in [0.5, 0.6) is 5.75 Å². The van der Waals surface area contributed by atoms with Crippen LogP contribution >= 0.6 is 0 Å². The van der Waals surface area contributed by atoms with Gasteiger partial charge in [-0.2, -0.15) is 5.10 Å². The molecular formula is C24H26N4O2. The van der Waals surface area contributed by atoms with Crippen LogP contribution < -0.4 is 9.64 Å². The predicted molar refractivity (Wildman–Crippen MR) is 117 cm³/mol. The molecule has 0 radical (unpaired) electrons. The molecule has 3 heterocycles. The third kappa shape index (κ3) is 3.27. The van der Waals surface area contributed by atoms with Crippen LogP contribution in [0.25, 0.3) is 11.1 Å². The van der Waals surface area contributed by atoms with Gasteiger partial charge in [0.25, 0.3) is 0 Å². The summed E-state index contributed by atoms with van der Waals surface area (Å²) in [6, 6.07) is 18.5. The second kappa shape index (κ2) is 7.61. The van der Waals surface area contributed by atoms with Gasteiger partial charge in [0.15, 0.2) is 0 Å². The molecule has 154 valence electrons. The van der Waals surface area contributed by atoms with Crippen LogP contribution in [-0.2, 0) is 11.3 Å². The van der Waals surface area contributed by atoms with E-state index in [1.165, 1.54) is 0 Å². The standard InChI is InChI=1S/C24H26N4O2/c1-17-10-11-27(25-17)13-12-26-16-20-15-22(26)24(29)28(20)21-14-19(8-9-23(21)30-2)18-6-4-3-5-7-18/h3-11,14,20,22H,12-13,15-16H2,1-2H3/t20-,22-/m0/s1. The zero-order valence-electron chi connectivity index (χ0n) is 17.4. The minimum Gasteiger partial charge on any atom is -0.495 e. The van der Waals surface area contributed by atoms with E-state index >= 15 is 0 Å². The summed E-state index contributed by atoms with van der Waals surface area (Å²) in [7, 11) is 1.66. The van der Waals surface area contributed by atoms with Gasteiger partial charge in [-0.05, 0) is 42.7 Å². The van der Waals surface area contributed by atoms with Crippen LogP contribution in [0.1, 0.15) is 12.1 Å². The molecule has 2 saturated heterocycles. The van der Waals surface area contributed by atoms with Gasteiger partial charge in [0, 0.05) is 19.3 Å². The number of likely N-dealkylation sites (tertiary alicyclic amines) is 1. The molecule has 2 bridgehead atoms. The number of hydrogen-bond acceptors (Lipinski definition) is 4. The number of aryl methyl sites for hydroxylation is 1. The first kappa shape index (κ1) is 18.9. The number of methoxy groups -OCH3 is 1. The molecule has 2 fully saturated rings. The van der Waals surface area contributed by atoms with Gasteiger partial charge in [0.1, 0.15) is 5.75 Å². The van der Waals surface area contributed by atoms with Crippen LogP contribution in [0.2, 0.25) is 0 Å². The van der Waals surface area contributed by atoms with Gasteiger partial charge in [0.05, 0.1) is 37.1 Å². The first-order valence-corrected chi connectivity index (χ1v) is 10.4. The van der Waals surface area contributed by atoms with Crippen LogP contribution in [-0.4, -0.2) is 52.9 Å². The maximum absolute atomic E-state index is 13.3. The van der Waals surface area contributed by atoms with Crippen molar-refractivity contribution in [2.75, 3.05) is 25.1 Å². The number of benzene rings is 2. The number of nitrogens with zero attached hydrogens (tertiary/aromatic N) is 4. The lowest BCUT2D eigenvalue weighted by atomic mass is 10.0. The third-order valence-electron chi connectivity index (χ3n) is 6.20. The fourth-order valence-electron chi connectivity index (χ4n) is 4.73. The maximum Gasteiger partial charge on any atom is 0.244 e. The van der Waals surface area contributed by atoms with Gasteiger partial charge < -0.3 is 9.64 Å². The summed E-state index contributed by atoms with van der Waals surface area (Å²) in [5, 5.41) is 4.45. The van der Waals surface area contributed by atoms with E-state index in [0.29, 0.717) is 0 Å². The Balaban J connectivity index is 1.37. The summed E-state index contributed by atoms with van der Waals surface area (Å²) in [4.78, 5) is 17.6. The van der Waals surface area contributed by atoms with Crippen LogP contribution in [0.3, 0.4) is 0 Å². The monoisotopic (exact) mass is 402 g/mol.